The van der Waals surface area contributed by atoms with Gasteiger partial charge in [-0.3, -0.25) is 4.79 Å². The van der Waals surface area contributed by atoms with Crippen LogP contribution in [0, 0.1) is 0 Å². The van der Waals surface area contributed by atoms with Crippen molar-refractivity contribution in [2.24, 2.45) is 0 Å². The Labute approximate surface area is 179 Å². The van der Waals surface area contributed by atoms with Crippen molar-refractivity contribution < 1.29 is 14.3 Å². The van der Waals surface area contributed by atoms with Crippen molar-refractivity contribution in [2.75, 3.05) is 11.9 Å². The van der Waals surface area contributed by atoms with E-state index < -0.39 is 0 Å². The van der Waals surface area contributed by atoms with Gasteiger partial charge in [-0.1, -0.05) is 35.3 Å². The average molecular weight is 431 g/mol. The fourth-order valence-corrected chi connectivity index (χ4v) is 2.88. The number of benzene rings is 2. The summed E-state index contributed by atoms with van der Waals surface area (Å²) >= 11 is 12.0. The number of aromatic nitrogens is 1. The molecule has 7 heteroatoms. The van der Waals surface area contributed by atoms with E-state index in [0.29, 0.717) is 41.1 Å². The second-order valence-corrected chi connectivity index (χ2v) is 7.00. The lowest BCUT2D eigenvalue weighted by atomic mass is 10.1. The summed E-state index contributed by atoms with van der Waals surface area (Å²) in [6.45, 7) is 2.20. The van der Waals surface area contributed by atoms with Crippen molar-refractivity contribution in [3.8, 4) is 11.6 Å². The molecule has 29 heavy (non-hydrogen) atoms. The molecule has 0 aliphatic heterocycles. The SMILES string of the molecule is CCOC(=O)CCc1ccc(Oc2ccc(Nc3ccc(Cl)c(Cl)c3)cn2)cc1. The average Bonchev–Trinajstić information content (AvgIpc) is 2.72. The molecule has 1 heterocycles. The Morgan fingerprint density at radius 3 is 2.41 bits per heavy atom. The maximum Gasteiger partial charge on any atom is 0.306 e. The Balaban J connectivity index is 1.55. The minimum Gasteiger partial charge on any atom is -0.466 e. The topological polar surface area (TPSA) is 60.5 Å². The number of carbonyl (C=O) groups excluding carboxylic acids is 1. The number of pyridine rings is 1. The maximum absolute atomic E-state index is 11.4. The number of nitrogens with one attached hydrogen (secondary N) is 1. The highest BCUT2D eigenvalue weighted by Crippen LogP contribution is 2.27. The molecule has 3 rings (SSSR count). The molecule has 3 aromatic rings. The van der Waals surface area contributed by atoms with Crippen molar-refractivity contribution in [1.29, 1.82) is 0 Å². The van der Waals surface area contributed by atoms with Crippen LogP contribution < -0.4 is 10.1 Å². The number of carbonyl (C=O) groups is 1. The van der Waals surface area contributed by atoms with Gasteiger partial charge in [-0.15, -0.1) is 0 Å². The molecule has 0 aliphatic carbocycles. The molecule has 0 saturated carbocycles. The number of rotatable bonds is 8. The minimum absolute atomic E-state index is 0.188. The number of nitrogens with zero attached hydrogens (tertiary/aromatic N) is 1. The van der Waals surface area contributed by atoms with Gasteiger partial charge in [-0.05, 0) is 55.3 Å². The fraction of sp³-hybridized carbons (Fsp3) is 0.182. The lowest BCUT2D eigenvalue weighted by Crippen LogP contribution is -2.05. The molecule has 0 fully saturated rings. The Morgan fingerprint density at radius 1 is 1.00 bits per heavy atom. The monoisotopic (exact) mass is 430 g/mol. The zero-order chi connectivity index (χ0) is 20.6. The number of esters is 1. The van der Waals surface area contributed by atoms with Gasteiger partial charge in [0.25, 0.3) is 0 Å². The Morgan fingerprint density at radius 2 is 1.76 bits per heavy atom. The van der Waals surface area contributed by atoms with Gasteiger partial charge in [0, 0.05) is 18.2 Å². The Bertz CT molecular complexity index is 961. The summed E-state index contributed by atoms with van der Waals surface area (Å²) in [7, 11) is 0. The first-order valence-electron chi connectivity index (χ1n) is 9.14. The van der Waals surface area contributed by atoms with Crippen LogP contribution in [0.3, 0.4) is 0 Å². The molecule has 0 atom stereocenters. The van der Waals surface area contributed by atoms with E-state index in [-0.39, 0.29) is 5.97 Å². The van der Waals surface area contributed by atoms with Crippen LogP contribution in [-0.2, 0) is 16.0 Å². The van der Waals surface area contributed by atoms with Crippen LogP contribution >= 0.6 is 23.2 Å². The highest BCUT2D eigenvalue weighted by molar-refractivity contribution is 6.42. The zero-order valence-corrected chi connectivity index (χ0v) is 17.3. The molecule has 0 radical (unpaired) electrons. The van der Waals surface area contributed by atoms with Crippen molar-refractivity contribution in [3.63, 3.8) is 0 Å². The summed E-state index contributed by atoms with van der Waals surface area (Å²) in [5.41, 5.74) is 2.65. The van der Waals surface area contributed by atoms with E-state index in [4.69, 9.17) is 32.7 Å². The number of hydrogen-bond acceptors (Lipinski definition) is 5. The lowest BCUT2D eigenvalue weighted by Gasteiger charge is -2.09. The van der Waals surface area contributed by atoms with Gasteiger partial charge in [0.05, 0.1) is 28.5 Å². The first-order valence-corrected chi connectivity index (χ1v) is 9.89. The zero-order valence-electron chi connectivity index (χ0n) is 15.8. The van der Waals surface area contributed by atoms with Crippen molar-refractivity contribution in [1.82, 2.24) is 4.98 Å². The third-order valence-electron chi connectivity index (χ3n) is 4.01. The van der Waals surface area contributed by atoms with Gasteiger partial charge < -0.3 is 14.8 Å². The summed E-state index contributed by atoms with van der Waals surface area (Å²) < 4.78 is 10.7. The number of halogens is 2. The van der Waals surface area contributed by atoms with Gasteiger partial charge in [0.2, 0.25) is 5.88 Å². The largest absolute Gasteiger partial charge is 0.466 e. The third kappa shape index (κ3) is 6.38. The number of anilines is 2. The van der Waals surface area contributed by atoms with Crippen molar-refractivity contribution >= 4 is 40.5 Å². The van der Waals surface area contributed by atoms with Crippen LogP contribution in [0.1, 0.15) is 18.9 Å². The highest BCUT2D eigenvalue weighted by Gasteiger charge is 2.05. The molecule has 0 unspecified atom stereocenters. The van der Waals surface area contributed by atoms with Crippen LogP contribution in [0.2, 0.25) is 10.0 Å². The van der Waals surface area contributed by atoms with E-state index in [0.717, 1.165) is 16.9 Å². The van der Waals surface area contributed by atoms with Gasteiger partial charge >= 0.3 is 5.97 Å². The van der Waals surface area contributed by atoms with E-state index in [1.54, 1.807) is 31.3 Å². The first-order chi connectivity index (χ1) is 14.0. The molecule has 1 aromatic heterocycles. The summed E-state index contributed by atoms with van der Waals surface area (Å²) in [4.78, 5) is 15.7. The summed E-state index contributed by atoms with van der Waals surface area (Å²) in [5.74, 6) is 0.957. The summed E-state index contributed by atoms with van der Waals surface area (Å²) in [5, 5.41) is 4.19. The molecular weight excluding hydrogens is 411 g/mol. The predicted molar refractivity (Wildman–Crippen MR) is 115 cm³/mol. The van der Waals surface area contributed by atoms with Crippen molar-refractivity contribution in [2.45, 2.75) is 19.8 Å². The van der Waals surface area contributed by atoms with Gasteiger partial charge in [-0.25, -0.2) is 4.98 Å². The second kappa shape index (κ2) is 10.1. The fourth-order valence-electron chi connectivity index (χ4n) is 2.58. The Kier molecular flexibility index (Phi) is 7.33. The molecule has 0 saturated heterocycles. The first kappa shape index (κ1) is 21.0. The Hall–Kier alpha value is -2.76. The predicted octanol–water partition coefficient (Wildman–Crippen LogP) is 6.42. The van der Waals surface area contributed by atoms with E-state index in [9.17, 15) is 4.79 Å². The van der Waals surface area contributed by atoms with E-state index in [1.165, 1.54) is 0 Å². The van der Waals surface area contributed by atoms with Crippen LogP contribution in [0.4, 0.5) is 11.4 Å². The molecule has 0 spiro atoms. The number of aryl methyl sites for hydroxylation is 1. The van der Waals surface area contributed by atoms with Gasteiger partial charge in [-0.2, -0.15) is 0 Å². The van der Waals surface area contributed by atoms with Crippen molar-refractivity contribution in [3.05, 3.63) is 76.4 Å². The van der Waals surface area contributed by atoms with Crippen LogP contribution in [0.25, 0.3) is 0 Å². The summed E-state index contributed by atoms with van der Waals surface area (Å²) in [6.07, 6.45) is 2.67. The van der Waals surface area contributed by atoms with Crippen LogP contribution in [0.5, 0.6) is 11.6 Å². The third-order valence-corrected chi connectivity index (χ3v) is 4.75. The molecule has 150 valence electrons. The molecule has 2 aromatic carbocycles. The molecule has 0 bridgehead atoms. The lowest BCUT2D eigenvalue weighted by molar-refractivity contribution is -0.143. The van der Waals surface area contributed by atoms with E-state index >= 15 is 0 Å². The molecule has 1 N–H and O–H groups in total. The number of ether oxygens (including phenoxy) is 2. The second-order valence-electron chi connectivity index (χ2n) is 6.19. The van der Waals surface area contributed by atoms with E-state index in [2.05, 4.69) is 10.3 Å². The van der Waals surface area contributed by atoms with Crippen LogP contribution in [-0.4, -0.2) is 17.6 Å². The molecular formula is C22H20Cl2N2O3. The smallest absolute Gasteiger partial charge is 0.306 e. The molecule has 0 amide bonds. The molecule has 5 nitrogen and oxygen atoms in total. The maximum atomic E-state index is 11.4. The highest BCUT2D eigenvalue weighted by atomic mass is 35.5. The van der Waals surface area contributed by atoms with Gasteiger partial charge in [0.15, 0.2) is 0 Å². The quantitative estimate of drug-likeness (QED) is 0.417. The van der Waals surface area contributed by atoms with Crippen LogP contribution in [0.15, 0.2) is 60.8 Å². The standard InChI is InChI=1S/C22H20Cl2N2O3/c1-2-28-22(27)12-5-15-3-8-18(9-4-15)29-21-11-7-17(14-25-21)26-16-6-10-19(23)20(24)13-16/h3-4,6-11,13-14,26H,2,5,12H2,1H3. The van der Waals surface area contributed by atoms with Gasteiger partial charge in [0.1, 0.15) is 5.75 Å². The molecule has 0 aliphatic rings. The number of hydrogen-bond donors (Lipinski definition) is 1. The normalized spacial score (nSPS) is 10.4. The van der Waals surface area contributed by atoms with E-state index in [1.807, 2.05) is 36.4 Å². The minimum atomic E-state index is -0.188. The summed E-state index contributed by atoms with van der Waals surface area (Å²) in [6, 6.07) is 16.5.